The number of primary amides is 1. The molecule has 1 aromatic carbocycles. The van der Waals surface area contributed by atoms with E-state index in [4.69, 9.17) is 10.5 Å². The average Bonchev–Trinajstić information content (AvgIpc) is 2.36. The van der Waals surface area contributed by atoms with Crippen molar-refractivity contribution in [3.8, 4) is 5.75 Å². The van der Waals surface area contributed by atoms with E-state index in [0.29, 0.717) is 17.9 Å². The molecule has 0 saturated carbocycles. The molecule has 0 heterocycles. The van der Waals surface area contributed by atoms with Crippen molar-refractivity contribution in [3.05, 3.63) is 29.8 Å². The first-order chi connectivity index (χ1) is 8.54. The topological polar surface area (TPSA) is 81.4 Å². The highest BCUT2D eigenvalue weighted by Gasteiger charge is 2.13. The largest absolute Gasteiger partial charge is 0.494 e. The summed E-state index contributed by atoms with van der Waals surface area (Å²) in [6.07, 6.45) is 0.898. The minimum atomic E-state index is -0.697. The molecule has 0 spiro atoms. The highest BCUT2D eigenvalue weighted by Crippen LogP contribution is 2.13. The van der Waals surface area contributed by atoms with Gasteiger partial charge in [0.15, 0.2) is 0 Å². The fourth-order valence-corrected chi connectivity index (χ4v) is 1.30. The average molecular weight is 250 g/mol. The molecule has 5 heteroatoms. The Hall–Kier alpha value is -2.04. The Labute approximate surface area is 106 Å². The summed E-state index contributed by atoms with van der Waals surface area (Å²) in [6.45, 7) is 4.14. The summed E-state index contributed by atoms with van der Waals surface area (Å²) < 4.78 is 5.43. The van der Waals surface area contributed by atoms with Gasteiger partial charge >= 0.3 is 0 Å². The van der Waals surface area contributed by atoms with E-state index < -0.39 is 11.9 Å². The van der Waals surface area contributed by atoms with Crippen LogP contribution in [0.15, 0.2) is 24.3 Å². The predicted molar refractivity (Wildman–Crippen MR) is 68.4 cm³/mol. The van der Waals surface area contributed by atoms with Gasteiger partial charge in [-0.05, 0) is 31.5 Å². The van der Waals surface area contributed by atoms with E-state index in [0.717, 1.165) is 6.42 Å². The molecule has 0 aliphatic heterocycles. The van der Waals surface area contributed by atoms with Crippen molar-refractivity contribution < 1.29 is 14.3 Å². The van der Waals surface area contributed by atoms with Gasteiger partial charge in [0.2, 0.25) is 5.91 Å². The zero-order valence-corrected chi connectivity index (χ0v) is 10.6. The molecule has 1 rings (SSSR count). The molecule has 1 atom stereocenters. The first kappa shape index (κ1) is 14.0. The van der Waals surface area contributed by atoms with Crippen LogP contribution in [0.25, 0.3) is 0 Å². The second kappa shape index (κ2) is 6.64. The molecular formula is C13H18N2O3. The number of amides is 2. The molecular weight excluding hydrogens is 232 g/mol. The van der Waals surface area contributed by atoms with E-state index in [9.17, 15) is 9.59 Å². The molecule has 0 aliphatic rings. The monoisotopic (exact) mass is 250 g/mol. The summed E-state index contributed by atoms with van der Waals surface area (Å²) in [5, 5.41) is 2.51. The molecule has 0 bridgehead atoms. The van der Waals surface area contributed by atoms with E-state index in [1.165, 1.54) is 6.92 Å². The van der Waals surface area contributed by atoms with Crippen LogP contribution in [-0.4, -0.2) is 24.5 Å². The van der Waals surface area contributed by atoms with Gasteiger partial charge < -0.3 is 15.8 Å². The lowest BCUT2D eigenvalue weighted by Crippen LogP contribution is -2.42. The van der Waals surface area contributed by atoms with Crippen molar-refractivity contribution in [1.82, 2.24) is 5.32 Å². The van der Waals surface area contributed by atoms with Crippen LogP contribution in [0.4, 0.5) is 0 Å². The molecule has 98 valence electrons. The third-order valence-electron chi connectivity index (χ3n) is 2.34. The van der Waals surface area contributed by atoms with E-state index in [1.54, 1.807) is 24.3 Å². The first-order valence-corrected chi connectivity index (χ1v) is 5.87. The van der Waals surface area contributed by atoms with E-state index >= 15 is 0 Å². The molecule has 1 aromatic rings. The van der Waals surface area contributed by atoms with Crippen LogP contribution in [0.2, 0.25) is 0 Å². The molecule has 0 aliphatic carbocycles. The van der Waals surface area contributed by atoms with Crippen LogP contribution in [0.3, 0.4) is 0 Å². The Morgan fingerprint density at radius 1 is 1.44 bits per heavy atom. The number of nitrogens with two attached hydrogens (primary N) is 1. The smallest absolute Gasteiger partial charge is 0.252 e. The maximum absolute atomic E-state index is 11.8. The van der Waals surface area contributed by atoms with Gasteiger partial charge in [0.25, 0.3) is 5.91 Å². The Kier molecular flexibility index (Phi) is 5.17. The molecule has 3 N–H and O–H groups in total. The molecule has 0 saturated heterocycles. The number of rotatable bonds is 6. The molecule has 0 aromatic heterocycles. The van der Waals surface area contributed by atoms with Crippen molar-refractivity contribution in [2.24, 2.45) is 5.73 Å². The molecule has 18 heavy (non-hydrogen) atoms. The van der Waals surface area contributed by atoms with Crippen molar-refractivity contribution in [1.29, 1.82) is 0 Å². The third kappa shape index (κ3) is 4.08. The molecule has 2 amide bonds. The van der Waals surface area contributed by atoms with Crippen LogP contribution in [0.1, 0.15) is 30.6 Å². The summed E-state index contributed by atoms with van der Waals surface area (Å²) in [6, 6.07) is 6.11. The maximum atomic E-state index is 11.8. The molecule has 0 fully saturated rings. The van der Waals surface area contributed by atoms with Crippen molar-refractivity contribution in [2.75, 3.05) is 6.61 Å². The van der Waals surface area contributed by atoms with Crippen LogP contribution in [0.5, 0.6) is 5.75 Å². The number of hydrogen-bond donors (Lipinski definition) is 2. The standard InChI is InChI=1S/C13H18N2O3/c1-3-7-18-11-6-4-5-10(8-11)13(17)15-9(2)12(14)16/h4-6,8-9H,3,7H2,1-2H3,(H2,14,16)(H,15,17). The van der Waals surface area contributed by atoms with Gasteiger partial charge in [-0.25, -0.2) is 0 Å². The second-order valence-corrected chi connectivity index (χ2v) is 3.97. The lowest BCUT2D eigenvalue weighted by molar-refractivity contribution is -0.119. The fourth-order valence-electron chi connectivity index (χ4n) is 1.30. The lowest BCUT2D eigenvalue weighted by Gasteiger charge is -2.11. The van der Waals surface area contributed by atoms with E-state index in [-0.39, 0.29) is 5.91 Å². The minimum absolute atomic E-state index is 0.344. The number of ether oxygens (including phenoxy) is 1. The number of carbonyl (C=O) groups excluding carboxylic acids is 2. The predicted octanol–water partition coefficient (Wildman–Crippen LogP) is 1.08. The molecule has 0 radical (unpaired) electrons. The van der Waals surface area contributed by atoms with Gasteiger partial charge in [-0.1, -0.05) is 13.0 Å². The summed E-state index contributed by atoms with van der Waals surface area (Å²) in [7, 11) is 0. The highest BCUT2D eigenvalue weighted by atomic mass is 16.5. The minimum Gasteiger partial charge on any atom is -0.494 e. The maximum Gasteiger partial charge on any atom is 0.252 e. The lowest BCUT2D eigenvalue weighted by atomic mass is 10.2. The van der Waals surface area contributed by atoms with Crippen molar-refractivity contribution in [3.63, 3.8) is 0 Å². The quantitative estimate of drug-likeness (QED) is 0.792. The number of nitrogens with one attached hydrogen (secondary N) is 1. The number of benzene rings is 1. The van der Waals surface area contributed by atoms with Crippen LogP contribution in [-0.2, 0) is 4.79 Å². The van der Waals surface area contributed by atoms with Gasteiger partial charge in [-0.2, -0.15) is 0 Å². The van der Waals surface area contributed by atoms with E-state index in [2.05, 4.69) is 5.32 Å². The Bertz CT molecular complexity index is 432. The number of hydrogen-bond acceptors (Lipinski definition) is 3. The molecule has 5 nitrogen and oxygen atoms in total. The van der Waals surface area contributed by atoms with Crippen molar-refractivity contribution in [2.45, 2.75) is 26.3 Å². The van der Waals surface area contributed by atoms with Gasteiger partial charge in [-0.3, -0.25) is 9.59 Å². The highest BCUT2D eigenvalue weighted by molar-refractivity contribution is 5.97. The third-order valence-corrected chi connectivity index (χ3v) is 2.34. The normalized spacial score (nSPS) is 11.7. The van der Waals surface area contributed by atoms with Crippen molar-refractivity contribution >= 4 is 11.8 Å². The summed E-state index contributed by atoms with van der Waals surface area (Å²) in [5.74, 6) is -0.277. The summed E-state index contributed by atoms with van der Waals surface area (Å²) >= 11 is 0. The van der Waals surface area contributed by atoms with Gasteiger partial charge in [0.05, 0.1) is 6.61 Å². The molecule has 1 unspecified atom stereocenters. The SMILES string of the molecule is CCCOc1cccc(C(=O)NC(C)C(N)=O)c1. The Morgan fingerprint density at radius 2 is 2.17 bits per heavy atom. The first-order valence-electron chi connectivity index (χ1n) is 5.87. The fraction of sp³-hybridized carbons (Fsp3) is 0.385. The zero-order valence-electron chi connectivity index (χ0n) is 10.6. The van der Waals surface area contributed by atoms with Gasteiger partial charge in [-0.15, -0.1) is 0 Å². The van der Waals surface area contributed by atoms with Crippen LogP contribution in [0, 0.1) is 0 Å². The summed E-state index contributed by atoms with van der Waals surface area (Å²) in [5.41, 5.74) is 5.52. The Morgan fingerprint density at radius 3 is 2.78 bits per heavy atom. The summed E-state index contributed by atoms with van der Waals surface area (Å²) in [4.78, 5) is 22.7. The zero-order chi connectivity index (χ0) is 13.5. The Balaban J connectivity index is 2.70. The van der Waals surface area contributed by atoms with Gasteiger partial charge in [0, 0.05) is 5.56 Å². The number of carbonyl (C=O) groups is 2. The van der Waals surface area contributed by atoms with Crippen LogP contribution >= 0.6 is 0 Å². The van der Waals surface area contributed by atoms with E-state index in [1.807, 2.05) is 6.92 Å². The van der Waals surface area contributed by atoms with Gasteiger partial charge in [0.1, 0.15) is 11.8 Å². The van der Waals surface area contributed by atoms with Crippen LogP contribution < -0.4 is 15.8 Å². The second-order valence-electron chi connectivity index (χ2n) is 3.97.